The highest BCUT2D eigenvalue weighted by Gasteiger charge is 2.31. The lowest BCUT2D eigenvalue weighted by Crippen LogP contribution is -2.50. The van der Waals surface area contributed by atoms with Gasteiger partial charge in [-0.3, -0.25) is 19.6 Å². The minimum Gasteiger partial charge on any atom is -0.350 e. The summed E-state index contributed by atoms with van der Waals surface area (Å²) in [5, 5.41) is 7.07. The summed E-state index contributed by atoms with van der Waals surface area (Å²) in [5.74, 6) is 1.62. The van der Waals surface area contributed by atoms with Gasteiger partial charge in [0.05, 0.1) is 24.7 Å². The molecule has 0 bridgehead atoms. The molecule has 1 atom stereocenters. The smallest absolute Gasteiger partial charge is 0.224 e. The van der Waals surface area contributed by atoms with Gasteiger partial charge in [-0.15, -0.1) is 0 Å². The summed E-state index contributed by atoms with van der Waals surface area (Å²) in [5.41, 5.74) is 0.901. The van der Waals surface area contributed by atoms with Gasteiger partial charge in [0.2, 0.25) is 11.8 Å². The van der Waals surface area contributed by atoms with Crippen LogP contribution in [0.25, 0.3) is 0 Å². The average Bonchev–Trinajstić information content (AvgIpc) is 3.18. The number of piperidine rings is 2. The first-order valence-electron chi connectivity index (χ1n) is 10.6. The molecule has 0 saturated carbocycles. The first-order chi connectivity index (χ1) is 14.2. The lowest BCUT2D eigenvalue weighted by Gasteiger charge is -2.41. The summed E-state index contributed by atoms with van der Waals surface area (Å²) < 4.78 is 5.07. The van der Waals surface area contributed by atoms with E-state index in [1.54, 1.807) is 6.20 Å². The lowest BCUT2D eigenvalue weighted by molar-refractivity contribution is -0.127. The number of aryl methyl sites for hydroxylation is 1. The third kappa shape index (κ3) is 5.39. The quantitative estimate of drug-likeness (QED) is 0.793. The Bertz CT molecular complexity index is 787. The minimum atomic E-state index is 0.0767. The van der Waals surface area contributed by atoms with Gasteiger partial charge < -0.3 is 9.84 Å². The predicted octanol–water partition coefficient (Wildman–Crippen LogP) is 1.77. The highest BCUT2D eigenvalue weighted by molar-refractivity contribution is 5.78. The van der Waals surface area contributed by atoms with Gasteiger partial charge in [-0.05, 0) is 44.4 Å². The van der Waals surface area contributed by atoms with E-state index in [2.05, 4.69) is 30.2 Å². The number of carbonyl (C=O) groups excluding carboxylic acids is 1. The molecule has 4 heterocycles. The van der Waals surface area contributed by atoms with Crippen molar-refractivity contribution in [2.24, 2.45) is 5.92 Å². The molecule has 0 unspecified atom stereocenters. The number of amides is 1. The standard InChI is InChI=1S/C21H30N6O2/c1-16-24-20(25-29-16)15-26-11-7-19(8-12-26)27-10-4-5-17(14-27)21(28)23-13-18-6-2-3-9-22-18/h2-3,6,9,17,19H,4-5,7-8,10-15H2,1H3,(H,23,28)/t17-/m0/s1. The van der Waals surface area contributed by atoms with Crippen molar-refractivity contribution in [3.05, 3.63) is 41.8 Å². The maximum atomic E-state index is 12.7. The van der Waals surface area contributed by atoms with Crippen molar-refractivity contribution in [2.45, 2.75) is 51.7 Å². The zero-order valence-corrected chi connectivity index (χ0v) is 17.1. The first-order valence-corrected chi connectivity index (χ1v) is 10.6. The summed E-state index contributed by atoms with van der Waals surface area (Å²) in [6.45, 7) is 7.10. The molecule has 0 radical (unpaired) electrons. The van der Waals surface area contributed by atoms with Gasteiger partial charge in [0.25, 0.3) is 0 Å². The molecule has 0 aromatic carbocycles. The molecule has 1 N–H and O–H groups in total. The molecule has 1 amide bonds. The van der Waals surface area contributed by atoms with Gasteiger partial charge in [-0.1, -0.05) is 11.2 Å². The monoisotopic (exact) mass is 398 g/mol. The molecule has 2 saturated heterocycles. The van der Waals surface area contributed by atoms with Gasteiger partial charge in [-0.25, -0.2) is 0 Å². The molecule has 4 rings (SSSR count). The fourth-order valence-electron chi connectivity index (χ4n) is 4.42. The molecule has 156 valence electrons. The van der Waals surface area contributed by atoms with Crippen LogP contribution < -0.4 is 5.32 Å². The van der Waals surface area contributed by atoms with Crippen molar-refractivity contribution in [3.8, 4) is 0 Å². The van der Waals surface area contributed by atoms with E-state index >= 15 is 0 Å². The van der Waals surface area contributed by atoms with Crippen LogP contribution in [0.4, 0.5) is 0 Å². The van der Waals surface area contributed by atoms with E-state index in [1.165, 1.54) is 0 Å². The van der Waals surface area contributed by atoms with Crippen LogP contribution in [0.1, 0.15) is 43.1 Å². The predicted molar refractivity (Wildman–Crippen MR) is 108 cm³/mol. The molecule has 2 aromatic heterocycles. The van der Waals surface area contributed by atoms with Crippen LogP contribution in [0, 0.1) is 12.8 Å². The van der Waals surface area contributed by atoms with Crippen molar-refractivity contribution in [2.75, 3.05) is 26.2 Å². The van der Waals surface area contributed by atoms with Crippen LogP contribution in [-0.2, 0) is 17.9 Å². The van der Waals surface area contributed by atoms with Gasteiger partial charge >= 0.3 is 0 Å². The number of nitrogens with one attached hydrogen (secondary N) is 1. The van der Waals surface area contributed by atoms with Crippen LogP contribution in [0.3, 0.4) is 0 Å². The molecule has 2 aromatic rings. The number of nitrogens with zero attached hydrogens (tertiary/aromatic N) is 5. The van der Waals surface area contributed by atoms with E-state index in [1.807, 2.05) is 25.1 Å². The first kappa shape index (κ1) is 20.0. The molecule has 8 heteroatoms. The number of aromatic nitrogens is 3. The maximum Gasteiger partial charge on any atom is 0.224 e. The molecular weight excluding hydrogens is 368 g/mol. The van der Waals surface area contributed by atoms with Crippen molar-refractivity contribution in [1.29, 1.82) is 0 Å². The van der Waals surface area contributed by atoms with Crippen LogP contribution in [0.15, 0.2) is 28.9 Å². The van der Waals surface area contributed by atoms with Crippen molar-refractivity contribution >= 4 is 5.91 Å². The fourth-order valence-corrected chi connectivity index (χ4v) is 4.42. The van der Waals surface area contributed by atoms with Crippen LogP contribution in [0.2, 0.25) is 0 Å². The van der Waals surface area contributed by atoms with Gasteiger partial charge in [-0.2, -0.15) is 4.98 Å². The minimum absolute atomic E-state index is 0.0767. The van der Waals surface area contributed by atoms with E-state index in [9.17, 15) is 4.79 Å². The summed E-state index contributed by atoms with van der Waals surface area (Å²) in [7, 11) is 0. The molecular formula is C21H30N6O2. The second-order valence-corrected chi connectivity index (χ2v) is 8.11. The van der Waals surface area contributed by atoms with Gasteiger partial charge in [0, 0.05) is 38.8 Å². The highest BCUT2D eigenvalue weighted by Crippen LogP contribution is 2.24. The molecule has 29 heavy (non-hydrogen) atoms. The van der Waals surface area contributed by atoms with Gasteiger partial charge in [0.15, 0.2) is 5.82 Å². The Labute approximate surface area is 171 Å². The molecule has 0 aliphatic carbocycles. The van der Waals surface area contributed by atoms with Crippen LogP contribution in [0.5, 0.6) is 0 Å². The topological polar surface area (TPSA) is 87.4 Å². The second-order valence-electron chi connectivity index (χ2n) is 8.11. The van der Waals surface area contributed by atoms with Crippen molar-refractivity contribution in [1.82, 2.24) is 30.2 Å². The number of carbonyl (C=O) groups is 1. The summed E-state index contributed by atoms with van der Waals surface area (Å²) in [6, 6.07) is 6.34. The summed E-state index contributed by atoms with van der Waals surface area (Å²) >= 11 is 0. The maximum absolute atomic E-state index is 12.7. The zero-order chi connectivity index (χ0) is 20.1. The lowest BCUT2D eigenvalue weighted by atomic mass is 9.93. The van der Waals surface area contributed by atoms with E-state index < -0.39 is 0 Å². The number of rotatable bonds is 6. The molecule has 2 aliphatic rings. The Morgan fingerprint density at radius 3 is 2.83 bits per heavy atom. The fraction of sp³-hybridized carbons (Fsp3) is 0.619. The Morgan fingerprint density at radius 2 is 2.10 bits per heavy atom. The van der Waals surface area contributed by atoms with E-state index in [0.29, 0.717) is 18.5 Å². The van der Waals surface area contributed by atoms with E-state index in [-0.39, 0.29) is 11.8 Å². The number of pyridine rings is 1. The Balaban J connectivity index is 1.23. The Morgan fingerprint density at radius 1 is 1.24 bits per heavy atom. The summed E-state index contributed by atoms with van der Waals surface area (Å²) in [4.78, 5) is 26.2. The van der Waals surface area contributed by atoms with E-state index in [0.717, 1.165) is 69.9 Å². The SMILES string of the molecule is Cc1nc(CN2CCC(N3CCC[C@H](C(=O)NCc4ccccn4)C3)CC2)no1. The van der Waals surface area contributed by atoms with Crippen molar-refractivity contribution < 1.29 is 9.32 Å². The molecule has 8 nitrogen and oxygen atoms in total. The Kier molecular flexibility index (Phi) is 6.51. The highest BCUT2D eigenvalue weighted by atomic mass is 16.5. The Hall–Kier alpha value is -2.32. The number of hydrogen-bond acceptors (Lipinski definition) is 7. The normalized spacial score (nSPS) is 21.9. The number of hydrogen-bond donors (Lipinski definition) is 1. The molecule has 0 spiro atoms. The van der Waals surface area contributed by atoms with Crippen LogP contribution >= 0.6 is 0 Å². The van der Waals surface area contributed by atoms with Crippen LogP contribution in [-0.4, -0.2) is 63.1 Å². The third-order valence-electron chi connectivity index (χ3n) is 6.00. The number of likely N-dealkylation sites (tertiary alicyclic amines) is 2. The molecule has 2 aliphatic heterocycles. The average molecular weight is 399 g/mol. The zero-order valence-electron chi connectivity index (χ0n) is 17.1. The van der Waals surface area contributed by atoms with Gasteiger partial charge in [0.1, 0.15) is 0 Å². The largest absolute Gasteiger partial charge is 0.350 e. The molecule has 2 fully saturated rings. The third-order valence-corrected chi connectivity index (χ3v) is 6.00. The van der Waals surface area contributed by atoms with Crippen molar-refractivity contribution in [3.63, 3.8) is 0 Å². The summed E-state index contributed by atoms with van der Waals surface area (Å²) in [6.07, 6.45) is 6.07. The van der Waals surface area contributed by atoms with E-state index in [4.69, 9.17) is 4.52 Å². The second kappa shape index (κ2) is 9.45.